The maximum atomic E-state index is 11.4. The molecular formula is C16H13BrClNO2. The molecule has 1 aliphatic heterocycles. The molecule has 0 saturated carbocycles. The third-order valence-corrected chi connectivity index (χ3v) is 4.53. The lowest BCUT2D eigenvalue weighted by atomic mass is 10.0. The molecule has 1 N–H and O–H groups in total. The van der Waals surface area contributed by atoms with E-state index in [0.717, 1.165) is 15.6 Å². The monoisotopic (exact) mass is 365 g/mol. The quantitative estimate of drug-likeness (QED) is 0.799. The number of amides is 1. The number of aryl methyl sites for hydroxylation is 1. The highest BCUT2D eigenvalue weighted by molar-refractivity contribution is 9.10. The van der Waals surface area contributed by atoms with Gasteiger partial charge in [-0.05, 0) is 41.8 Å². The van der Waals surface area contributed by atoms with Crippen molar-refractivity contribution in [3.63, 3.8) is 0 Å². The van der Waals surface area contributed by atoms with Gasteiger partial charge >= 0.3 is 0 Å². The zero-order valence-corrected chi connectivity index (χ0v) is 13.7. The molecule has 108 valence electrons. The van der Waals surface area contributed by atoms with Crippen molar-refractivity contribution in [2.45, 2.75) is 12.3 Å². The number of benzene rings is 2. The van der Waals surface area contributed by atoms with Gasteiger partial charge in [-0.1, -0.05) is 34.1 Å². The number of hydrogen-bond donors (Lipinski definition) is 1. The van der Waals surface area contributed by atoms with Crippen LogP contribution >= 0.6 is 27.5 Å². The molecule has 2 aromatic carbocycles. The Morgan fingerprint density at radius 2 is 2.10 bits per heavy atom. The summed E-state index contributed by atoms with van der Waals surface area (Å²) in [6.45, 7) is 2.09. The molecule has 1 unspecified atom stereocenters. The van der Waals surface area contributed by atoms with Gasteiger partial charge in [-0.3, -0.25) is 4.79 Å². The van der Waals surface area contributed by atoms with Crippen molar-refractivity contribution in [3.05, 3.63) is 57.6 Å². The average molecular weight is 367 g/mol. The average Bonchev–Trinajstić information content (AvgIpc) is 2.46. The van der Waals surface area contributed by atoms with Crippen LogP contribution in [0.5, 0.6) is 5.75 Å². The fourth-order valence-corrected chi connectivity index (χ4v) is 3.46. The van der Waals surface area contributed by atoms with E-state index in [0.29, 0.717) is 11.4 Å². The van der Waals surface area contributed by atoms with Crippen LogP contribution in [0.15, 0.2) is 40.9 Å². The molecule has 0 bridgehead atoms. The van der Waals surface area contributed by atoms with Crippen molar-refractivity contribution in [1.29, 1.82) is 0 Å². The van der Waals surface area contributed by atoms with Gasteiger partial charge in [0.1, 0.15) is 5.75 Å². The number of carbonyl (C=O) groups is 1. The van der Waals surface area contributed by atoms with Crippen molar-refractivity contribution in [2.75, 3.05) is 11.9 Å². The second kappa shape index (κ2) is 5.70. The molecule has 0 saturated heterocycles. The number of nitrogens with one attached hydrogen (secondary N) is 1. The fraction of sp³-hybridized carbons (Fsp3) is 0.188. The van der Waals surface area contributed by atoms with Gasteiger partial charge in [0, 0.05) is 4.47 Å². The second-order valence-corrected chi connectivity index (χ2v) is 6.27. The van der Waals surface area contributed by atoms with Gasteiger partial charge in [-0.25, -0.2) is 0 Å². The summed E-state index contributed by atoms with van der Waals surface area (Å²) in [5.74, 6) is 0.521. The van der Waals surface area contributed by atoms with Gasteiger partial charge in [-0.15, -0.1) is 11.6 Å². The molecule has 2 aromatic rings. The molecule has 5 heteroatoms. The van der Waals surface area contributed by atoms with Crippen LogP contribution in [0, 0.1) is 6.92 Å². The smallest absolute Gasteiger partial charge is 0.262 e. The Balaban J connectivity index is 1.96. The molecule has 0 fully saturated rings. The van der Waals surface area contributed by atoms with Crippen molar-refractivity contribution in [2.24, 2.45) is 0 Å². The van der Waals surface area contributed by atoms with Gasteiger partial charge in [0.05, 0.1) is 11.1 Å². The topological polar surface area (TPSA) is 38.3 Å². The van der Waals surface area contributed by atoms with Crippen LogP contribution in [0.25, 0.3) is 0 Å². The minimum atomic E-state index is -0.302. The van der Waals surface area contributed by atoms with Gasteiger partial charge < -0.3 is 10.1 Å². The summed E-state index contributed by atoms with van der Waals surface area (Å²) in [6, 6.07) is 11.7. The zero-order chi connectivity index (χ0) is 15.0. The lowest BCUT2D eigenvalue weighted by Crippen LogP contribution is -2.25. The van der Waals surface area contributed by atoms with E-state index in [9.17, 15) is 4.79 Å². The maximum absolute atomic E-state index is 11.4. The van der Waals surface area contributed by atoms with Crippen LogP contribution in [0.1, 0.15) is 22.1 Å². The van der Waals surface area contributed by atoms with Crippen LogP contribution in [0.4, 0.5) is 5.69 Å². The molecule has 3 rings (SSSR count). The van der Waals surface area contributed by atoms with Gasteiger partial charge in [-0.2, -0.15) is 0 Å². The molecule has 0 aromatic heterocycles. The molecule has 0 radical (unpaired) electrons. The first-order chi connectivity index (χ1) is 10.0. The molecule has 1 atom stereocenters. The van der Waals surface area contributed by atoms with E-state index in [1.807, 2.05) is 43.3 Å². The molecule has 3 nitrogen and oxygen atoms in total. The van der Waals surface area contributed by atoms with E-state index in [4.69, 9.17) is 16.3 Å². The van der Waals surface area contributed by atoms with Crippen molar-refractivity contribution < 1.29 is 9.53 Å². The summed E-state index contributed by atoms with van der Waals surface area (Å²) in [4.78, 5) is 11.4. The Hall–Kier alpha value is -1.52. The molecule has 1 heterocycles. The number of anilines is 1. The summed E-state index contributed by atoms with van der Waals surface area (Å²) in [6.07, 6.45) is 0. The highest BCUT2D eigenvalue weighted by atomic mass is 79.9. The predicted octanol–water partition coefficient (Wildman–Crippen LogP) is 4.42. The molecule has 1 amide bonds. The van der Waals surface area contributed by atoms with E-state index in [1.165, 1.54) is 5.56 Å². The van der Waals surface area contributed by atoms with Gasteiger partial charge in [0.15, 0.2) is 6.61 Å². The molecular weight excluding hydrogens is 354 g/mol. The summed E-state index contributed by atoms with van der Waals surface area (Å²) >= 11 is 10.1. The lowest BCUT2D eigenvalue weighted by molar-refractivity contribution is -0.118. The first kappa shape index (κ1) is 14.4. The summed E-state index contributed by atoms with van der Waals surface area (Å²) < 4.78 is 6.32. The van der Waals surface area contributed by atoms with Crippen LogP contribution in [-0.2, 0) is 4.79 Å². The van der Waals surface area contributed by atoms with E-state index in [1.54, 1.807) is 0 Å². The highest BCUT2D eigenvalue weighted by Gasteiger charge is 2.20. The number of carbonyl (C=O) groups excluding carboxylic acids is 1. The van der Waals surface area contributed by atoms with Gasteiger partial charge in [0.25, 0.3) is 5.91 Å². The van der Waals surface area contributed by atoms with Crippen molar-refractivity contribution >= 4 is 39.1 Å². The van der Waals surface area contributed by atoms with Crippen LogP contribution < -0.4 is 10.1 Å². The largest absolute Gasteiger partial charge is 0.482 e. The minimum absolute atomic E-state index is 0.0557. The fourth-order valence-electron chi connectivity index (χ4n) is 2.28. The van der Waals surface area contributed by atoms with Crippen LogP contribution in [0.2, 0.25) is 0 Å². The molecule has 0 spiro atoms. The summed E-state index contributed by atoms with van der Waals surface area (Å²) in [7, 11) is 0. The summed E-state index contributed by atoms with van der Waals surface area (Å²) in [5.41, 5.74) is 3.73. The van der Waals surface area contributed by atoms with E-state index < -0.39 is 0 Å². The Morgan fingerprint density at radius 3 is 2.86 bits per heavy atom. The van der Waals surface area contributed by atoms with E-state index in [-0.39, 0.29) is 17.9 Å². The Labute approximate surface area is 136 Å². The number of halogens is 2. The Bertz CT molecular complexity index is 717. The minimum Gasteiger partial charge on any atom is -0.482 e. The normalized spacial score (nSPS) is 14.9. The van der Waals surface area contributed by atoms with E-state index >= 15 is 0 Å². The van der Waals surface area contributed by atoms with E-state index in [2.05, 4.69) is 21.2 Å². The molecule has 21 heavy (non-hydrogen) atoms. The highest BCUT2D eigenvalue weighted by Crippen LogP contribution is 2.38. The van der Waals surface area contributed by atoms with Crippen LogP contribution in [-0.4, -0.2) is 12.5 Å². The predicted molar refractivity (Wildman–Crippen MR) is 87.1 cm³/mol. The molecule has 1 aliphatic rings. The number of hydrogen-bond acceptors (Lipinski definition) is 2. The lowest BCUT2D eigenvalue weighted by Gasteiger charge is -2.20. The SMILES string of the molecule is Cc1ccc(C(Cl)c2ccc3c(c2)NC(=O)CO3)c(Br)c1. The zero-order valence-electron chi connectivity index (χ0n) is 11.3. The van der Waals surface area contributed by atoms with Crippen LogP contribution in [0.3, 0.4) is 0 Å². The van der Waals surface area contributed by atoms with Crippen molar-refractivity contribution in [3.8, 4) is 5.75 Å². The Kier molecular flexibility index (Phi) is 3.91. The summed E-state index contributed by atoms with van der Waals surface area (Å²) in [5, 5.41) is 2.49. The van der Waals surface area contributed by atoms with Gasteiger partial charge in [0.2, 0.25) is 0 Å². The first-order valence-electron chi connectivity index (χ1n) is 6.51. The third kappa shape index (κ3) is 2.92. The number of alkyl halides is 1. The number of ether oxygens (including phenoxy) is 1. The number of rotatable bonds is 2. The second-order valence-electron chi connectivity index (χ2n) is 4.98. The Morgan fingerprint density at radius 1 is 1.29 bits per heavy atom. The maximum Gasteiger partial charge on any atom is 0.262 e. The number of fused-ring (bicyclic) bond motifs is 1. The molecule has 0 aliphatic carbocycles. The first-order valence-corrected chi connectivity index (χ1v) is 7.74. The van der Waals surface area contributed by atoms with Crippen molar-refractivity contribution in [1.82, 2.24) is 0 Å². The standard InChI is InChI=1S/C16H13BrClNO2/c1-9-2-4-11(12(17)6-9)16(18)10-3-5-14-13(7-10)19-15(20)8-21-14/h2-7,16H,8H2,1H3,(H,19,20). The third-order valence-electron chi connectivity index (χ3n) is 3.36.